The monoisotopic (exact) mass is 280 g/mol. The SMILES string of the molecule is CCN1CCC(N(C)C(=O)c2cc(C(=O)O)co2)CC1. The molecule has 0 bridgehead atoms. The molecular formula is C14H20N2O4. The van der Waals surface area contributed by atoms with Gasteiger partial charge in [-0.1, -0.05) is 6.92 Å². The predicted octanol–water partition coefficient (Wildman–Crippen LogP) is 1.53. The van der Waals surface area contributed by atoms with Crippen molar-refractivity contribution in [3.05, 3.63) is 23.7 Å². The Morgan fingerprint density at radius 1 is 1.45 bits per heavy atom. The van der Waals surface area contributed by atoms with Gasteiger partial charge in [0, 0.05) is 32.2 Å². The van der Waals surface area contributed by atoms with Gasteiger partial charge in [0.1, 0.15) is 6.26 Å². The summed E-state index contributed by atoms with van der Waals surface area (Å²) < 4.78 is 5.06. The predicted molar refractivity (Wildman–Crippen MR) is 72.9 cm³/mol. The van der Waals surface area contributed by atoms with Crippen molar-refractivity contribution in [3.63, 3.8) is 0 Å². The molecule has 6 nitrogen and oxygen atoms in total. The summed E-state index contributed by atoms with van der Waals surface area (Å²) in [6, 6.07) is 1.46. The van der Waals surface area contributed by atoms with E-state index in [1.165, 1.54) is 6.07 Å². The van der Waals surface area contributed by atoms with Crippen LogP contribution in [0.25, 0.3) is 0 Å². The van der Waals surface area contributed by atoms with Crippen molar-refractivity contribution in [2.75, 3.05) is 26.7 Å². The lowest BCUT2D eigenvalue weighted by molar-refractivity contribution is 0.0615. The number of piperidine rings is 1. The number of hydrogen-bond acceptors (Lipinski definition) is 4. The van der Waals surface area contributed by atoms with Crippen molar-refractivity contribution in [2.45, 2.75) is 25.8 Å². The number of carboxylic acids is 1. The lowest BCUT2D eigenvalue weighted by atomic mass is 10.0. The zero-order chi connectivity index (χ0) is 14.7. The highest BCUT2D eigenvalue weighted by atomic mass is 16.4. The van der Waals surface area contributed by atoms with E-state index in [2.05, 4.69) is 11.8 Å². The quantitative estimate of drug-likeness (QED) is 0.905. The lowest BCUT2D eigenvalue weighted by Gasteiger charge is -2.35. The second-order valence-corrected chi connectivity index (χ2v) is 5.09. The Kier molecular flexibility index (Phi) is 4.44. The first-order chi connectivity index (χ1) is 9.52. The van der Waals surface area contributed by atoms with E-state index in [1.807, 2.05) is 0 Å². The average molecular weight is 280 g/mol. The number of aromatic carboxylic acids is 1. The number of furan rings is 1. The van der Waals surface area contributed by atoms with Crippen LogP contribution in [0.5, 0.6) is 0 Å². The minimum absolute atomic E-state index is 0.00236. The van der Waals surface area contributed by atoms with E-state index in [1.54, 1.807) is 11.9 Å². The molecule has 1 aromatic rings. The highest BCUT2D eigenvalue weighted by molar-refractivity contribution is 5.95. The molecule has 0 aromatic carbocycles. The van der Waals surface area contributed by atoms with Gasteiger partial charge in [0.2, 0.25) is 0 Å². The van der Waals surface area contributed by atoms with Gasteiger partial charge in [-0.05, 0) is 19.4 Å². The van der Waals surface area contributed by atoms with Gasteiger partial charge in [0.15, 0.2) is 5.76 Å². The fourth-order valence-corrected chi connectivity index (χ4v) is 2.52. The maximum Gasteiger partial charge on any atom is 0.338 e. The van der Waals surface area contributed by atoms with Crippen molar-refractivity contribution >= 4 is 11.9 Å². The number of likely N-dealkylation sites (tertiary alicyclic amines) is 1. The molecule has 1 aliphatic heterocycles. The van der Waals surface area contributed by atoms with Crippen LogP contribution >= 0.6 is 0 Å². The molecule has 1 saturated heterocycles. The normalized spacial score (nSPS) is 17.1. The number of rotatable bonds is 4. The summed E-state index contributed by atoms with van der Waals surface area (Å²) in [6.07, 6.45) is 2.97. The molecule has 0 saturated carbocycles. The molecule has 110 valence electrons. The molecule has 0 spiro atoms. The van der Waals surface area contributed by atoms with Gasteiger partial charge < -0.3 is 19.3 Å². The standard InChI is InChI=1S/C14H20N2O4/c1-3-16-6-4-11(5-7-16)15(2)13(17)12-8-10(9-20-12)14(18)19/h8-9,11H,3-7H2,1-2H3,(H,18,19). The van der Waals surface area contributed by atoms with E-state index in [0.29, 0.717) is 0 Å². The van der Waals surface area contributed by atoms with Gasteiger partial charge in [-0.15, -0.1) is 0 Å². The second kappa shape index (κ2) is 6.09. The van der Waals surface area contributed by atoms with Crippen LogP contribution in [0.2, 0.25) is 0 Å². The molecule has 2 rings (SSSR count). The number of hydrogen-bond donors (Lipinski definition) is 1. The molecule has 1 aliphatic rings. The minimum Gasteiger partial charge on any atom is -0.478 e. The Morgan fingerprint density at radius 2 is 2.10 bits per heavy atom. The van der Waals surface area contributed by atoms with Gasteiger partial charge in [0.25, 0.3) is 5.91 Å². The van der Waals surface area contributed by atoms with Crippen LogP contribution < -0.4 is 0 Å². The van der Waals surface area contributed by atoms with E-state index in [-0.39, 0.29) is 23.3 Å². The molecule has 0 atom stereocenters. The fraction of sp³-hybridized carbons (Fsp3) is 0.571. The lowest BCUT2D eigenvalue weighted by Crippen LogP contribution is -2.45. The van der Waals surface area contributed by atoms with Crippen LogP contribution in [0.1, 0.15) is 40.7 Å². The number of nitrogens with zero attached hydrogens (tertiary/aromatic N) is 2. The van der Waals surface area contributed by atoms with Crippen molar-refractivity contribution in [1.29, 1.82) is 0 Å². The maximum absolute atomic E-state index is 12.3. The van der Waals surface area contributed by atoms with Gasteiger partial charge in [0.05, 0.1) is 5.56 Å². The van der Waals surface area contributed by atoms with Crippen molar-refractivity contribution in [1.82, 2.24) is 9.80 Å². The first kappa shape index (κ1) is 14.6. The van der Waals surface area contributed by atoms with Crippen molar-refractivity contribution < 1.29 is 19.1 Å². The smallest absolute Gasteiger partial charge is 0.338 e. The Bertz CT molecular complexity index is 489. The molecule has 0 aliphatic carbocycles. The molecule has 1 amide bonds. The molecule has 1 N–H and O–H groups in total. The average Bonchev–Trinajstić information content (AvgIpc) is 2.96. The van der Waals surface area contributed by atoms with Crippen LogP contribution in [-0.2, 0) is 0 Å². The molecule has 1 fully saturated rings. The van der Waals surface area contributed by atoms with E-state index in [4.69, 9.17) is 9.52 Å². The van der Waals surface area contributed by atoms with E-state index >= 15 is 0 Å². The molecule has 20 heavy (non-hydrogen) atoms. The second-order valence-electron chi connectivity index (χ2n) is 5.09. The largest absolute Gasteiger partial charge is 0.478 e. The Labute approximate surface area is 118 Å². The first-order valence-corrected chi connectivity index (χ1v) is 6.84. The fourth-order valence-electron chi connectivity index (χ4n) is 2.52. The Morgan fingerprint density at radius 3 is 2.60 bits per heavy atom. The number of carbonyl (C=O) groups excluding carboxylic acids is 1. The zero-order valence-electron chi connectivity index (χ0n) is 11.8. The highest BCUT2D eigenvalue weighted by Crippen LogP contribution is 2.18. The number of carboxylic acid groups (broad SMARTS) is 1. The Balaban J connectivity index is 1.99. The van der Waals surface area contributed by atoms with E-state index < -0.39 is 5.97 Å². The maximum atomic E-state index is 12.3. The summed E-state index contributed by atoms with van der Waals surface area (Å²) in [4.78, 5) is 27.1. The van der Waals surface area contributed by atoms with Crippen LogP contribution in [0.3, 0.4) is 0 Å². The number of carbonyl (C=O) groups is 2. The third-order valence-electron chi connectivity index (χ3n) is 3.93. The minimum atomic E-state index is -1.09. The van der Waals surface area contributed by atoms with Crippen LogP contribution in [-0.4, -0.2) is 59.5 Å². The van der Waals surface area contributed by atoms with Crippen molar-refractivity contribution in [3.8, 4) is 0 Å². The van der Waals surface area contributed by atoms with E-state index in [9.17, 15) is 9.59 Å². The van der Waals surface area contributed by atoms with Crippen LogP contribution in [0, 0.1) is 0 Å². The van der Waals surface area contributed by atoms with E-state index in [0.717, 1.165) is 38.7 Å². The summed E-state index contributed by atoms with van der Waals surface area (Å²) in [6.45, 7) is 5.13. The van der Waals surface area contributed by atoms with Crippen molar-refractivity contribution in [2.24, 2.45) is 0 Å². The number of amides is 1. The first-order valence-electron chi connectivity index (χ1n) is 6.84. The topological polar surface area (TPSA) is 74.0 Å². The summed E-state index contributed by atoms with van der Waals surface area (Å²) >= 11 is 0. The summed E-state index contributed by atoms with van der Waals surface area (Å²) in [5.74, 6) is -1.26. The molecule has 1 aromatic heterocycles. The summed E-state index contributed by atoms with van der Waals surface area (Å²) in [5.41, 5.74) is 0.00236. The summed E-state index contributed by atoms with van der Waals surface area (Å²) in [7, 11) is 1.75. The summed E-state index contributed by atoms with van der Waals surface area (Å²) in [5, 5.41) is 8.83. The highest BCUT2D eigenvalue weighted by Gasteiger charge is 2.27. The van der Waals surface area contributed by atoms with Gasteiger partial charge in [-0.25, -0.2) is 4.79 Å². The Hall–Kier alpha value is -1.82. The molecule has 6 heteroatoms. The molecule has 0 unspecified atom stereocenters. The zero-order valence-corrected chi connectivity index (χ0v) is 11.8. The third-order valence-corrected chi connectivity index (χ3v) is 3.93. The van der Waals surface area contributed by atoms with Crippen LogP contribution in [0.4, 0.5) is 0 Å². The molecular weight excluding hydrogens is 260 g/mol. The van der Waals surface area contributed by atoms with Crippen LogP contribution in [0.15, 0.2) is 16.7 Å². The molecule has 2 heterocycles. The van der Waals surface area contributed by atoms with Gasteiger partial charge in [-0.3, -0.25) is 4.79 Å². The third kappa shape index (κ3) is 3.01. The molecule has 0 radical (unpaired) electrons. The van der Waals surface area contributed by atoms with Gasteiger partial charge in [-0.2, -0.15) is 0 Å². The van der Waals surface area contributed by atoms with Gasteiger partial charge >= 0.3 is 5.97 Å².